The Bertz CT molecular complexity index is 901. The molecule has 0 atom stereocenters. The Labute approximate surface area is 165 Å². The van der Waals surface area contributed by atoms with E-state index in [0.717, 1.165) is 0 Å². The molecule has 0 fully saturated rings. The van der Waals surface area contributed by atoms with Crippen molar-refractivity contribution in [1.82, 2.24) is 0 Å². The van der Waals surface area contributed by atoms with Crippen molar-refractivity contribution in [2.24, 2.45) is 0 Å². The third-order valence-electron chi connectivity index (χ3n) is 6.43. The van der Waals surface area contributed by atoms with Crippen LogP contribution in [0.15, 0.2) is 42.5 Å². The van der Waals surface area contributed by atoms with Crippen LogP contribution < -0.4 is 0 Å². The lowest BCUT2D eigenvalue weighted by molar-refractivity contribution is 0.954. The van der Waals surface area contributed by atoms with Crippen LogP contribution in [0.3, 0.4) is 0 Å². The highest BCUT2D eigenvalue weighted by Crippen LogP contribution is 2.36. The molecule has 0 nitrogen and oxygen atoms in total. The van der Waals surface area contributed by atoms with Gasteiger partial charge in [0.05, 0.1) is 0 Å². The van der Waals surface area contributed by atoms with Crippen LogP contribution >= 0.6 is 0 Å². The predicted octanol–water partition coefficient (Wildman–Crippen LogP) is 7.33. The molecule has 0 radical (unpaired) electrons. The molecule has 3 rings (SSSR count). The van der Waals surface area contributed by atoms with Gasteiger partial charge in [-0.2, -0.15) is 0 Å². The molecule has 0 bridgehead atoms. The first kappa shape index (κ1) is 19.4. The van der Waals surface area contributed by atoms with Gasteiger partial charge in [-0.05, 0) is 117 Å². The second-order valence-electron chi connectivity index (χ2n) is 8.34. The highest BCUT2D eigenvalue weighted by atomic mass is 14.2. The lowest BCUT2D eigenvalue weighted by Gasteiger charge is -2.23. The van der Waals surface area contributed by atoms with E-state index in [1.807, 2.05) is 0 Å². The van der Waals surface area contributed by atoms with Crippen molar-refractivity contribution in [3.05, 3.63) is 104 Å². The fourth-order valence-electron chi connectivity index (χ4n) is 3.99. The van der Waals surface area contributed by atoms with E-state index < -0.39 is 0 Å². The molecular weight excluding hydrogens is 324 g/mol. The fourth-order valence-corrected chi connectivity index (χ4v) is 3.99. The molecule has 0 aromatic heterocycles. The van der Waals surface area contributed by atoms with Gasteiger partial charge < -0.3 is 0 Å². The maximum atomic E-state index is 2.38. The van der Waals surface area contributed by atoms with E-state index in [2.05, 4.69) is 97.9 Å². The monoisotopic (exact) mass is 356 g/mol. The molecule has 0 heterocycles. The summed E-state index contributed by atoms with van der Waals surface area (Å²) in [7, 11) is 0. The van der Waals surface area contributed by atoms with Gasteiger partial charge in [-0.15, -0.1) is 0 Å². The first-order valence-electron chi connectivity index (χ1n) is 9.91. The van der Waals surface area contributed by atoms with Gasteiger partial charge in [-0.25, -0.2) is 0 Å². The topological polar surface area (TPSA) is 0 Å². The average molecular weight is 357 g/mol. The van der Waals surface area contributed by atoms with Crippen molar-refractivity contribution in [3.63, 3.8) is 0 Å². The van der Waals surface area contributed by atoms with Crippen LogP contribution in [0, 0.1) is 55.4 Å². The molecule has 0 aliphatic heterocycles. The number of aryl methyl sites for hydroxylation is 6. The normalized spacial score (nSPS) is 11.3. The molecule has 0 saturated carbocycles. The molecule has 3 aromatic rings. The first-order chi connectivity index (χ1) is 12.7. The molecule has 0 N–H and O–H groups in total. The van der Waals surface area contributed by atoms with Gasteiger partial charge in [0.2, 0.25) is 0 Å². The Hall–Kier alpha value is -2.34. The van der Waals surface area contributed by atoms with Gasteiger partial charge in [-0.3, -0.25) is 0 Å². The smallest absolute Gasteiger partial charge is 0.0340 e. The SMILES string of the molecule is Cc1ccc(C(c2cc(C)c(C)c(C)c2)c2cc(C)c(C)c(C)c2)cc1C. The van der Waals surface area contributed by atoms with Crippen molar-refractivity contribution in [1.29, 1.82) is 0 Å². The van der Waals surface area contributed by atoms with Crippen molar-refractivity contribution >= 4 is 0 Å². The summed E-state index contributed by atoms with van der Waals surface area (Å²) in [4.78, 5) is 0. The minimum Gasteiger partial charge on any atom is -0.0588 e. The molecular formula is C27H32. The number of hydrogen-bond donors (Lipinski definition) is 0. The lowest BCUT2D eigenvalue weighted by Crippen LogP contribution is -2.07. The second-order valence-corrected chi connectivity index (χ2v) is 8.34. The van der Waals surface area contributed by atoms with Gasteiger partial charge in [0.15, 0.2) is 0 Å². The summed E-state index contributed by atoms with van der Waals surface area (Å²) >= 11 is 0. The highest BCUT2D eigenvalue weighted by molar-refractivity contribution is 5.51. The van der Waals surface area contributed by atoms with E-state index in [4.69, 9.17) is 0 Å². The molecule has 3 aromatic carbocycles. The molecule has 27 heavy (non-hydrogen) atoms. The molecule has 0 amide bonds. The van der Waals surface area contributed by atoms with E-state index in [1.54, 1.807) is 0 Å². The maximum Gasteiger partial charge on any atom is 0.0340 e. The molecule has 0 unspecified atom stereocenters. The van der Waals surface area contributed by atoms with Crippen LogP contribution in [0.2, 0.25) is 0 Å². The van der Waals surface area contributed by atoms with Crippen LogP contribution in [0.4, 0.5) is 0 Å². The van der Waals surface area contributed by atoms with Crippen molar-refractivity contribution in [2.45, 2.75) is 61.3 Å². The van der Waals surface area contributed by atoms with Crippen molar-refractivity contribution < 1.29 is 0 Å². The molecule has 140 valence electrons. The Morgan fingerprint density at radius 1 is 0.407 bits per heavy atom. The zero-order valence-corrected chi connectivity index (χ0v) is 18.1. The maximum absolute atomic E-state index is 2.38. The fraction of sp³-hybridized carbons (Fsp3) is 0.333. The van der Waals surface area contributed by atoms with Gasteiger partial charge in [0.1, 0.15) is 0 Å². The molecule has 0 aliphatic rings. The van der Waals surface area contributed by atoms with Crippen molar-refractivity contribution in [3.8, 4) is 0 Å². The van der Waals surface area contributed by atoms with E-state index in [0.29, 0.717) is 0 Å². The van der Waals surface area contributed by atoms with Crippen LogP contribution in [-0.4, -0.2) is 0 Å². The van der Waals surface area contributed by atoms with Crippen LogP contribution in [0.1, 0.15) is 67.1 Å². The zero-order valence-electron chi connectivity index (χ0n) is 18.1. The van der Waals surface area contributed by atoms with E-state index in [-0.39, 0.29) is 5.92 Å². The van der Waals surface area contributed by atoms with E-state index in [9.17, 15) is 0 Å². The standard InChI is InChI=1S/C27H32/c1-16-9-10-24(11-17(16)2)27(25-12-18(3)22(7)19(4)13-25)26-14-20(5)23(8)21(6)15-26/h9-15,27H,1-8H3. The Kier molecular flexibility index (Phi) is 5.29. The van der Waals surface area contributed by atoms with Gasteiger partial charge in [0.25, 0.3) is 0 Å². The molecule has 0 aliphatic carbocycles. The molecule has 0 spiro atoms. The van der Waals surface area contributed by atoms with Crippen LogP contribution in [0.5, 0.6) is 0 Å². The number of hydrogen-bond acceptors (Lipinski definition) is 0. The Morgan fingerprint density at radius 2 is 0.778 bits per heavy atom. The minimum absolute atomic E-state index is 0.264. The summed E-state index contributed by atoms with van der Waals surface area (Å²) in [6.07, 6.45) is 0. The first-order valence-corrected chi connectivity index (χ1v) is 9.91. The Balaban J connectivity index is 2.28. The summed E-state index contributed by atoms with van der Waals surface area (Å²) in [6, 6.07) is 16.5. The van der Waals surface area contributed by atoms with Gasteiger partial charge >= 0.3 is 0 Å². The van der Waals surface area contributed by atoms with E-state index >= 15 is 0 Å². The largest absolute Gasteiger partial charge is 0.0588 e. The van der Waals surface area contributed by atoms with E-state index in [1.165, 1.54) is 61.2 Å². The van der Waals surface area contributed by atoms with Gasteiger partial charge in [0, 0.05) is 5.92 Å². The second kappa shape index (κ2) is 7.35. The Morgan fingerprint density at radius 3 is 1.15 bits per heavy atom. The molecule has 0 saturated heterocycles. The predicted molar refractivity (Wildman–Crippen MR) is 118 cm³/mol. The van der Waals surface area contributed by atoms with Crippen molar-refractivity contribution in [2.75, 3.05) is 0 Å². The zero-order chi connectivity index (χ0) is 19.9. The number of rotatable bonds is 3. The minimum atomic E-state index is 0.264. The lowest BCUT2D eigenvalue weighted by atomic mass is 9.80. The average Bonchev–Trinajstić information content (AvgIpc) is 2.60. The molecule has 0 heteroatoms. The summed E-state index contributed by atoms with van der Waals surface area (Å²) in [5.41, 5.74) is 15.2. The number of benzene rings is 3. The summed E-state index contributed by atoms with van der Waals surface area (Å²) in [5.74, 6) is 0.264. The quantitative estimate of drug-likeness (QED) is 0.431. The van der Waals surface area contributed by atoms with Gasteiger partial charge in [-0.1, -0.05) is 42.5 Å². The third kappa shape index (κ3) is 3.72. The highest BCUT2D eigenvalue weighted by Gasteiger charge is 2.20. The summed E-state index contributed by atoms with van der Waals surface area (Å²) < 4.78 is 0. The summed E-state index contributed by atoms with van der Waals surface area (Å²) in [6.45, 7) is 17.8. The summed E-state index contributed by atoms with van der Waals surface area (Å²) in [5, 5.41) is 0. The van der Waals surface area contributed by atoms with Crippen LogP contribution in [0.25, 0.3) is 0 Å². The third-order valence-corrected chi connectivity index (χ3v) is 6.43. The van der Waals surface area contributed by atoms with Crippen LogP contribution in [-0.2, 0) is 0 Å².